The number of hydrogen-bond donors (Lipinski definition) is 9. The van der Waals surface area contributed by atoms with Gasteiger partial charge < -0.3 is 46.0 Å². The summed E-state index contributed by atoms with van der Waals surface area (Å²) in [5.74, 6) is -0.609. The minimum Gasteiger partial charge on any atom is -0.393 e. The standard InChI is InChI=1S/C47H86NO12P/c1-3-5-7-9-11-13-15-17-19-20-21-22-24-26-28-30-32-34-38(49)36-41(51)48-39(37-59-61(57,58)60-47-45(55)43(53)42(52)44(54)46(47)56)40(50)35-33-31-29-27-25-23-18-16-14-12-10-8-6-4-2/h11,13,15,17,25,27,33,35,38-40,42-47,49-50,52-56H,3-10,12,14,16,18-24,26,28-32,34,36-37H2,1-2H3,(H,48,51)(H,57,58)/b13-11-,17-15-,27-25+,35-33+. The second-order valence-corrected chi connectivity index (χ2v) is 18.2. The molecule has 8 atom stereocenters. The fraction of sp³-hybridized carbons (Fsp3) is 0.809. The first kappa shape index (κ1) is 57.3. The number of carbonyl (C=O) groups excluding carboxylic acids is 1. The van der Waals surface area contributed by atoms with Crippen molar-refractivity contribution in [3.8, 4) is 0 Å². The van der Waals surface area contributed by atoms with E-state index in [9.17, 15) is 50.0 Å². The van der Waals surface area contributed by atoms with Crippen molar-refractivity contribution < 1.29 is 59.0 Å². The molecule has 13 nitrogen and oxygen atoms in total. The van der Waals surface area contributed by atoms with Crippen LogP contribution in [0.1, 0.15) is 181 Å². The zero-order valence-electron chi connectivity index (χ0n) is 37.6. The van der Waals surface area contributed by atoms with Crippen LogP contribution < -0.4 is 5.32 Å². The third-order valence-electron chi connectivity index (χ3n) is 11.2. The van der Waals surface area contributed by atoms with Crippen LogP contribution in [-0.4, -0.2) is 108 Å². The lowest BCUT2D eigenvalue weighted by Gasteiger charge is -2.41. The maximum absolute atomic E-state index is 13.0. The molecule has 1 aliphatic rings. The molecule has 1 aliphatic carbocycles. The average Bonchev–Trinajstić information content (AvgIpc) is 3.23. The molecule has 356 valence electrons. The summed E-state index contributed by atoms with van der Waals surface area (Å²) in [7, 11) is -5.15. The molecule has 9 N–H and O–H groups in total. The molecule has 1 fully saturated rings. The molecule has 1 saturated carbocycles. The van der Waals surface area contributed by atoms with Crippen LogP contribution in [0, 0.1) is 0 Å². The third kappa shape index (κ3) is 28.6. The number of nitrogens with one attached hydrogen (secondary N) is 1. The lowest BCUT2D eigenvalue weighted by Crippen LogP contribution is -2.64. The second-order valence-electron chi connectivity index (χ2n) is 16.8. The molecule has 8 unspecified atom stereocenters. The number of aliphatic hydroxyl groups is 7. The van der Waals surface area contributed by atoms with Crippen molar-refractivity contribution >= 4 is 13.7 Å². The smallest absolute Gasteiger partial charge is 0.393 e. The quantitative estimate of drug-likeness (QED) is 0.0125. The number of rotatable bonds is 38. The summed E-state index contributed by atoms with van der Waals surface area (Å²) in [6.45, 7) is 3.68. The van der Waals surface area contributed by atoms with Crippen molar-refractivity contribution in [1.82, 2.24) is 5.32 Å². The molecule has 0 aromatic carbocycles. The van der Waals surface area contributed by atoms with Crippen LogP contribution in [0.2, 0.25) is 0 Å². The van der Waals surface area contributed by atoms with E-state index in [1.165, 1.54) is 96.0 Å². The minimum atomic E-state index is -5.15. The van der Waals surface area contributed by atoms with Gasteiger partial charge in [-0.25, -0.2) is 4.57 Å². The first-order valence-corrected chi connectivity index (χ1v) is 25.2. The van der Waals surface area contributed by atoms with Gasteiger partial charge in [0.2, 0.25) is 5.91 Å². The highest BCUT2D eigenvalue weighted by molar-refractivity contribution is 7.47. The highest BCUT2D eigenvalue weighted by Gasteiger charge is 2.51. The molecule has 61 heavy (non-hydrogen) atoms. The van der Waals surface area contributed by atoms with Crippen LogP contribution in [0.15, 0.2) is 48.6 Å². The van der Waals surface area contributed by atoms with Gasteiger partial charge in [0.15, 0.2) is 0 Å². The summed E-state index contributed by atoms with van der Waals surface area (Å²) in [4.78, 5) is 23.4. The van der Waals surface area contributed by atoms with Gasteiger partial charge in [-0.3, -0.25) is 13.8 Å². The third-order valence-corrected chi connectivity index (χ3v) is 12.1. The van der Waals surface area contributed by atoms with Gasteiger partial charge in [0.25, 0.3) is 0 Å². The van der Waals surface area contributed by atoms with E-state index in [-0.39, 0.29) is 6.42 Å². The van der Waals surface area contributed by atoms with E-state index in [0.717, 1.165) is 57.8 Å². The Labute approximate surface area is 368 Å². The first-order chi connectivity index (χ1) is 29.3. The number of carbonyl (C=O) groups is 1. The van der Waals surface area contributed by atoms with E-state index in [1.807, 2.05) is 0 Å². The number of hydrogen-bond acceptors (Lipinski definition) is 11. The zero-order chi connectivity index (χ0) is 45.1. The molecule has 0 radical (unpaired) electrons. The van der Waals surface area contributed by atoms with E-state index >= 15 is 0 Å². The van der Waals surface area contributed by atoms with E-state index in [0.29, 0.717) is 12.8 Å². The van der Waals surface area contributed by atoms with Crippen molar-refractivity contribution in [3.63, 3.8) is 0 Å². The van der Waals surface area contributed by atoms with E-state index < -0.39 is 75.2 Å². The Bertz CT molecular complexity index is 1230. The Morgan fingerprint density at radius 1 is 0.590 bits per heavy atom. The number of phosphoric acid groups is 1. The molecule has 14 heteroatoms. The summed E-state index contributed by atoms with van der Waals surface area (Å²) in [6.07, 6.45) is 29.1. The van der Waals surface area contributed by atoms with Crippen molar-refractivity contribution in [2.75, 3.05) is 6.61 Å². The minimum absolute atomic E-state index is 0.258. The molecule has 0 aromatic heterocycles. The van der Waals surface area contributed by atoms with E-state index in [2.05, 4.69) is 55.6 Å². The topological polar surface area (TPSA) is 226 Å². The molecular weight excluding hydrogens is 801 g/mol. The molecule has 0 heterocycles. The van der Waals surface area contributed by atoms with E-state index in [4.69, 9.17) is 9.05 Å². The van der Waals surface area contributed by atoms with Crippen LogP contribution in [0.5, 0.6) is 0 Å². The number of phosphoric ester groups is 1. The van der Waals surface area contributed by atoms with Crippen molar-refractivity contribution in [2.24, 2.45) is 0 Å². The Kier molecular flexibility index (Phi) is 34.3. The van der Waals surface area contributed by atoms with Gasteiger partial charge in [0.05, 0.1) is 31.3 Å². The van der Waals surface area contributed by atoms with Gasteiger partial charge >= 0.3 is 7.82 Å². The predicted octanol–water partition coefficient (Wildman–Crippen LogP) is 7.92. The Hall–Kier alpha value is -1.74. The number of unbranched alkanes of at least 4 members (excludes halogenated alkanes) is 20. The van der Waals surface area contributed by atoms with Crippen molar-refractivity contribution in [2.45, 2.75) is 236 Å². The van der Waals surface area contributed by atoms with Crippen LogP contribution in [-0.2, 0) is 18.4 Å². The SMILES string of the molecule is CCCCC/C=C\C=C/CCCCCCCCCCC(O)CC(=O)NC(COP(=O)(O)OC1C(O)C(O)C(O)C(O)C1O)C(O)/C=C/CC/C=C/CCCCCCCCCC. The molecular formula is C47H86NO12P. The predicted molar refractivity (Wildman–Crippen MR) is 243 cm³/mol. The van der Waals surface area contributed by atoms with Crippen molar-refractivity contribution in [1.29, 1.82) is 0 Å². The van der Waals surface area contributed by atoms with E-state index in [1.54, 1.807) is 6.08 Å². The van der Waals surface area contributed by atoms with Gasteiger partial charge in [-0.2, -0.15) is 0 Å². The van der Waals surface area contributed by atoms with Crippen LogP contribution in [0.4, 0.5) is 0 Å². The number of allylic oxidation sites excluding steroid dienone is 7. The summed E-state index contributed by atoms with van der Waals surface area (Å²) >= 11 is 0. The van der Waals surface area contributed by atoms with Gasteiger partial charge in [-0.05, 0) is 57.8 Å². The second kappa shape index (κ2) is 36.6. The largest absolute Gasteiger partial charge is 0.472 e. The van der Waals surface area contributed by atoms with Gasteiger partial charge in [-0.15, -0.1) is 0 Å². The van der Waals surface area contributed by atoms with Crippen LogP contribution in [0.25, 0.3) is 0 Å². The number of aliphatic hydroxyl groups excluding tert-OH is 7. The van der Waals surface area contributed by atoms with Crippen molar-refractivity contribution in [3.05, 3.63) is 48.6 Å². The average molecular weight is 888 g/mol. The highest BCUT2D eigenvalue weighted by atomic mass is 31.2. The first-order valence-electron chi connectivity index (χ1n) is 23.7. The monoisotopic (exact) mass is 888 g/mol. The molecule has 1 amide bonds. The molecule has 0 aliphatic heterocycles. The van der Waals surface area contributed by atoms with Crippen LogP contribution in [0.3, 0.4) is 0 Å². The molecule has 1 rings (SSSR count). The van der Waals surface area contributed by atoms with Gasteiger partial charge in [0.1, 0.15) is 36.6 Å². The fourth-order valence-electron chi connectivity index (χ4n) is 7.25. The Morgan fingerprint density at radius 2 is 1.02 bits per heavy atom. The summed E-state index contributed by atoms with van der Waals surface area (Å²) in [5, 5.41) is 74.4. The Balaban J connectivity index is 2.56. The molecule has 0 saturated heterocycles. The maximum Gasteiger partial charge on any atom is 0.472 e. The molecule has 0 aromatic rings. The van der Waals surface area contributed by atoms with Gasteiger partial charge in [-0.1, -0.05) is 165 Å². The normalized spacial score (nSPS) is 23.6. The lowest BCUT2D eigenvalue weighted by molar-refractivity contribution is -0.220. The summed E-state index contributed by atoms with van der Waals surface area (Å²) < 4.78 is 22.8. The fourth-order valence-corrected chi connectivity index (χ4v) is 8.21. The summed E-state index contributed by atoms with van der Waals surface area (Å²) in [5.41, 5.74) is 0. The maximum atomic E-state index is 13.0. The highest BCUT2D eigenvalue weighted by Crippen LogP contribution is 2.47. The molecule has 0 bridgehead atoms. The zero-order valence-corrected chi connectivity index (χ0v) is 38.5. The van der Waals surface area contributed by atoms with Crippen LogP contribution >= 0.6 is 7.82 Å². The lowest BCUT2D eigenvalue weighted by atomic mass is 9.85. The number of amides is 1. The summed E-state index contributed by atoms with van der Waals surface area (Å²) in [6, 6.07) is -1.26. The Morgan fingerprint density at radius 3 is 1.57 bits per heavy atom. The molecule has 0 spiro atoms. The van der Waals surface area contributed by atoms with Gasteiger partial charge in [0, 0.05) is 0 Å².